The van der Waals surface area contributed by atoms with E-state index >= 15 is 0 Å². The number of anilines is 2. The highest BCUT2D eigenvalue weighted by Crippen LogP contribution is 2.22. The molecular weight excluding hydrogens is 290 g/mol. The van der Waals surface area contributed by atoms with Crippen molar-refractivity contribution in [2.45, 2.75) is 46.3 Å². The van der Waals surface area contributed by atoms with Crippen molar-refractivity contribution in [2.24, 2.45) is 0 Å². The van der Waals surface area contributed by atoms with Gasteiger partial charge in [0.15, 0.2) is 0 Å². The van der Waals surface area contributed by atoms with Gasteiger partial charge in [-0.05, 0) is 34.6 Å². The van der Waals surface area contributed by atoms with E-state index in [0.29, 0.717) is 6.54 Å². The Bertz CT molecular complexity index is 570. The smallest absolute Gasteiger partial charge is 0.329 e. The minimum atomic E-state index is -0.660. The van der Waals surface area contributed by atoms with Gasteiger partial charge in [-0.3, -0.25) is 10.1 Å². The van der Waals surface area contributed by atoms with Crippen LogP contribution in [0.3, 0.4) is 0 Å². The van der Waals surface area contributed by atoms with E-state index in [2.05, 4.69) is 9.97 Å². The summed E-state index contributed by atoms with van der Waals surface area (Å²) in [6.07, 6.45) is 1.03. The van der Waals surface area contributed by atoms with Gasteiger partial charge in [-0.2, -0.15) is 4.98 Å². The fraction of sp³-hybridized carbons (Fsp3) is 0.615. The lowest BCUT2D eigenvalue weighted by molar-refractivity contribution is -0.384. The molecular formula is C13H21N5O4. The van der Waals surface area contributed by atoms with E-state index in [-0.39, 0.29) is 17.5 Å². The van der Waals surface area contributed by atoms with Crippen LogP contribution in [0.15, 0.2) is 6.20 Å². The predicted octanol–water partition coefficient (Wildman–Crippen LogP) is 1.52. The second kappa shape index (κ2) is 6.54. The van der Waals surface area contributed by atoms with Crippen LogP contribution in [0.4, 0.5) is 17.5 Å². The van der Waals surface area contributed by atoms with E-state index in [1.165, 1.54) is 0 Å². The summed E-state index contributed by atoms with van der Waals surface area (Å²) in [5.74, 6) is -0.538. The molecule has 0 fully saturated rings. The molecule has 9 nitrogen and oxygen atoms in total. The number of carbonyl (C=O) groups is 1. The topological polar surface area (TPSA) is 124 Å². The summed E-state index contributed by atoms with van der Waals surface area (Å²) < 4.78 is 5.32. The third kappa shape index (κ3) is 4.27. The van der Waals surface area contributed by atoms with Gasteiger partial charge in [-0.25, -0.2) is 9.78 Å². The van der Waals surface area contributed by atoms with Crippen LogP contribution in [0, 0.1) is 10.1 Å². The summed E-state index contributed by atoms with van der Waals surface area (Å²) in [4.78, 5) is 31.6. The van der Waals surface area contributed by atoms with Crippen LogP contribution in [0.5, 0.6) is 0 Å². The molecule has 0 bridgehead atoms. The molecule has 9 heteroatoms. The normalized spacial score (nSPS) is 12.6. The van der Waals surface area contributed by atoms with Gasteiger partial charge >= 0.3 is 11.7 Å². The van der Waals surface area contributed by atoms with E-state index in [1.807, 2.05) is 6.92 Å². The number of ether oxygens (including phenoxy) is 1. The predicted molar refractivity (Wildman–Crippen MR) is 81.4 cm³/mol. The molecule has 0 spiro atoms. The van der Waals surface area contributed by atoms with Crippen LogP contribution < -0.4 is 10.6 Å². The van der Waals surface area contributed by atoms with Gasteiger partial charge in [0.25, 0.3) is 0 Å². The molecule has 122 valence electrons. The summed E-state index contributed by atoms with van der Waals surface area (Å²) in [5.41, 5.74) is 4.58. The van der Waals surface area contributed by atoms with Gasteiger partial charge in [-0.1, -0.05) is 0 Å². The molecule has 0 amide bonds. The molecule has 1 aromatic rings. The highest BCUT2D eigenvalue weighted by atomic mass is 16.6. The molecule has 0 saturated carbocycles. The number of aromatic nitrogens is 2. The maximum Gasteiger partial charge on any atom is 0.329 e. The summed E-state index contributed by atoms with van der Waals surface area (Å²) in [5, 5.41) is 10.7. The van der Waals surface area contributed by atoms with E-state index in [1.54, 1.807) is 32.6 Å². The average Bonchev–Trinajstić information content (AvgIpc) is 2.37. The van der Waals surface area contributed by atoms with Gasteiger partial charge in [0.1, 0.15) is 17.8 Å². The molecule has 0 radical (unpaired) electrons. The van der Waals surface area contributed by atoms with Crippen LogP contribution in [0.1, 0.15) is 34.6 Å². The number of likely N-dealkylation sites (N-methyl/N-ethyl adjacent to an activating group) is 1. The molecule has 0 aromatic carbocycles. The number of hydrogen-bond donors (Lipinski definition) is 1. The molecule has 22 heavy (non-hydrogen) atoms. The van der Waals surface area contributed by atoms with Gasteiger partial charge in [0, 0.05) is 6.54 Å². The van der Waals surface area contributed by atoms with Gasteiger partial charge in [0.05, 0.1) is 4.92 Å². The van der Waals surface area contributed by atoms with Crippen LogP contribution in [-0.2, 0) is 9.53 Å². The largest absolute Gasteiger partial charge is 0.458 e. The maximum absolute atomic E-state index is 12.1. The zero-order valence-corrected chi connectivity index (χ0v) is 13.4. The lowest BCUT2D eigenvalue weighted by atomic mass is 10.2. The van der Waals surface area contributed by atoms with E-state index < -0.39 is 22.5 Å². The van der Waals surface area contributed by atoms with Crippen LogP contribution in [0.25, 0.3) is 0 Å². The Balaban J connectivity index is 3.03. The zero-order chi connectivity index (χ0) is 17.1. The molecule has 1 unspecified atom stereocenters. The fourth-order valence-electron chi connectivity index (χ4n) is 1.76. The molecule has 1 atom stereocenters. The summed E-state index contributed by atoms with van der Waals surface area (Å²) in [6, 6.07) is -0.648. The van der Waals surface area contributed by atoms with Gasteiger partial charge in [-0.15, -0.1) is 0 Å². The maximum atomic E-state index is 12.1. The summed E-state index contributed by atoms with van der Waals surface area (Å²) in [7, 11) is 0. The van der Waals surface area contributed by atoms with E-state index in [4.69, 9.17) is 10.5 Å². The van der Waals surface area contributed by atoms with Crippen molar-refractivity contribution >= 4 is 23.4 Å². The molecule has 2 N–H and O–H groups in total. The SMILES string of the molecule is CCN(c1ncc([N+](=O)[O-])c(N)n1)C(C)C(=O)OC(C)(C)C. The van der Waals surface area contributed by atoms with Crippen LogP contribution in [-0.4, -0.2) is 39.0 Å². The second-order valence-electron chi connectivity index (χ2n) is 5.69. The van der Waals surface area contributed by atoms with Crippen LogP contribution >= 0.6 is 0 Å². The van der Waals surface area contributed by atoms with Crippen molar-refractivity contribution in [2.75, 3.05) is 17.2 Å². The number of nitrogens with two attached hydrogens (primary N) is 1. The summed E-state index contributed by atoms with van der Waals surface area (Å²) >= 11 is 0. The Labute approximate surface area is 128 Å². The number of nitro groups is 1. The number of hydrogen-bond acceptors (Lipinski definition) is 8. The lowest BCUT2D eigenvalue weighted by Gasteiger charge is -2.29. The standard InChI is InChI=1S/C13H21N5O4/c1-6-17(8(2)11(19)22-13(3,4)5)12-15-7-9(18(20)21)10(14)16-12/h7-8H,6H2,1-5H3,(H2,14,15,16). The van der Waals surface area contributed by atoms with Crippen molar-refractivity contribution in [1.82, 2.24) is 9.97 Å². The first-order chi connectivity index (χ1) is 10.1. The number of nitrogen functional groups attached to an aromatic ring is 1. The number of nitrogens with zero attached hydrogens (tertiary/aromatic N) is 4. The highest BCUT2D eigenvalue weighted by molar-refractivity contribution is 5.79. The Hall–Kier alpha value is -2.45. The quantitative estimate of drug-likeness (QED) is 0.493. The van der Waals surface area contributed by atoms with Crippen molar-refractivity contribution in [3.05, 3.63) is 16.3 Å². The molecule has 1 aromatic heterocycles. The van der Waals surface area contributed by atoms with Crippen molar-refractivity contribution in [3.8, 4) is 0 Å². The van der Waals surface area contributed by atoms with Crippen molar-refractivity contribution < 1.29 is 14.5 Å². The van der Waals surface area contributed by atoms with Crippen LogP contribution in [0.2, 0.25) is 0 Å². The minimum Gasteiger partial charge on any atom is -0.458 e. The fourth-order valence-corrected chi connectivity index (χ4v) is 1.76. The zero-order valence-electron chi connectivity index (χ0n) is 13.4. The monoisotopic (exact) mass is 311 g/mol. The van der Waals surface area contributed by atoms with Gasteiger partial charge in [0.2, 0.25) is 11.8 Å². The summed E-state index contributed by atoms with van der Waals surface area (Å²) in [6.45, 7) is 9.19. The second-order valence-corrected chi connectivity index (χ2v) is 5.69. The average molecular weight is 311 g/mol. The third-order valence-corrected chi connectivity index (χ3v) is 2.79. The minimum absolute atomic E-state index is 0.143. The molecule has 0 aliphatic heterocycles. The first-order valence-electron chi connectivity index (χ1n) is 6.83. The molecule has 0 aliphatic carbocycles. The lowest BCUT2D eigenvalue weighted by Crippen LogP contribution is -2.43. The Morgan fingerprint density at radius 3 is 2.55 bits per heavy atom. The van der Waals surface area contributed by atoms with E-state index in [9.17, 15) is 14.9 Å². The molecule has 0 saturated heterocycles. The highest BCUT2D eigenvalue weighted by Gasteiger charge is 2.28. The Kier molecular flexibility index (Phi) is 5.23. The first-order valence-corrected chi connectivity index (χ1v) is 6.83. The van der Waals surface area contributed by atoms with Crippen molar-refractivity contribution in [3.63, 3.8) is 0 Å². The first kappa shape index (κ1) is 17.6. The molecule has 0 aliphatic rings. The van der Waals surface area contributed by atoms with Crippen molar-refractivity contribution in [1.29, 1.82) is 0 Å². The Morgan fingerprint density at radius 1 is 1.55 bits per heavy atom. The number of carbonyl (C=O) groups excluding carboxylic acids is 1. The number of rotatable bonds is 5. The molecule has 1 heterocycles. The third-order valence-electron chi connectivity index (χ3n) is 2.79. The van der Waals surface area contributed by atoms with Gasteiger partial charge < -0.3 is 15.4 Å². The Morgan fingerprint density at radius 2 is 2.14 bits per heavy atom. The van der Waals surface area contributed by atoms with E-state index in [0.717, 1.165) is 6.20 Å². The number of esters is 1. The molecule has 1 rings (SSSR count).